The summed E-state index contributed by atoms with van der Waals surface area (Å²) in [5, 5.41) is -0.834. The van der Waals surface area contributed by atoms with Crippen LogP contribution in [0.2, 0.25) is 0 Å². The third kappa shape index (κ3) is 4.36. The normalized spacial score (nSPS) is 13.4. The number of esters is 1. The van der Waals surface area contributed by atoms with Crippen molar-refractivity contribution in [1.82, 2.24) is 0 Å². The number of Topliss-reactive ketones (excluding diaryl/α,β-unsaturated/α-hetero) is 1. The maximum absolute atomic E-state index is 11.4. The number of carbonyl (C=O) groups is 2. The van der Waals surface area contributed by atoms with Gasteiger partial charge in [-0.25, -0.2) is 8.42 Å². The molecule has 0 amide bonds. The zero-order valence-electron chi connectivity index (χ0n) is 8.44. The van der Waals surface area contributed by atoms with E-state index in [0.29, 0.717) is 0 Å². The van der Waals surface area contributed by atoms with Gasteiger partial charge in [0.2, 0.25) is 0 Å². The molecule has 0 spiro atoms. The average molecular weight is 222 g/mol. The SMILES string of the molecule is COC(=O)CS(=O)(=O)C(C)CC(C)=O. The Hall–Kier alpha value is -0.910. The van der Waals surface area contributed by atoms with Crippen LogP contribution >= 0.6 is 0 Å². The highest BCUT2D eigenvalue weighted by Crippen LogP contribution is 2.07. The second kappa shape index (κ2) is 5.09. The van der Waals surface area contributed by atoms with Crippen molar-refractivity contribution in [2.24, 2.45) is 0 Å². The lowest BCUT2D eigenvalue weighted by molar-refractivity contribution is -0.137. The first kappa shape index (κ1) is 13.1. The van der Waals surface area contributed by atoms with Crippen LogP contribution in [0.15, 0.2) is 0 Å². The number of rotatable bonds is 5. The van der Waals surface area contributed by atoms with E-state index in [4.69, 9.17) is 0 Å². The van der Waals surface area contributed by atoms with Gasteiger partial charge in [0.05, 0.1) is 12.4 Å². The molecule has 0 heterocycles. The molecule has 0 fully saturated rings. The molecule has 0 aromatic carbocycles. The molecule has 0 aliphatic rings. The lowest BCUT2D eigenvalue weighted by atomic mass is 10.2. The lowest BCUT2D eigenvalue weighted by Crippen LogP contribution is -2.27. The predicted molar refractivity (Wildman–Crippen MR) is 50.6 cm³/mol. The summed E-state index contributed by atoms with van der Waals surface area (Å²) < 4.78 is 27.0. The van der Waals surface area contributed by atoms with Crippen molar-refractivity contribution in [3.8, 4) is 0 Å². The molecule has 0 aliphatic carbocycles. The summed E-state index contributed by atoms with van der Waals surface area (Å²) in [7, 11) is -2.44. The Morgan fingerprint density at radius 1 is 1.36 bits per heavy atom. The summed E-state index contributed by atoms with van der Waals surface area (Å²) in [6, 6.07) is 0. The van der Waals surface area contributed by atoms with Crippen molar-refractivity contribution < 1.29 is 22.7 Å². The van der Waals surface area contributed by atoms with Crippen molar-refractivity contribution in [2.75, 3.05) is 12.9 Å². The van der Waals surface area contributed by atoms with E-state index in [0.717, 1.165) is 7.11 Å². The molecular weight excluding hydrogens is 208 g/mol. The van der Waals surface area contributed by atoms with E-state index in [2.05, 4.69) is 4.74 Å². The highest BCUT2D eigenvalue weighted by atomic mass is 32.2. The Morgan fingerprint density at radius 3 is 2.21 bits per heavy atom. The molecule has 5 nitrogen and oxygen atoms in total. The van der Waals surface area contributed by atoms with Crippen molar-refractivity contribution in [3.05, 3.63) is 0 Å². The highest BCUT2D eigenvalue weighted by Gasteiger charge is 2.25. The van der Waals surface area contributed by atoms with Gasteiger partial charge in [0, 0.05) is 6.42 Å². The summed E-state index contributed by atoms with van der Waals surface area (Å²) in [6.45, 7) is 2.71. The van der Waals surface area contributed by atoms with Crippen LogP contribution in [-0.4, -0.2) is 38.3 Å². The molecule has 82 valence electrons. The Bertz CT molecular complexity index is 317. The van der Waals surface area contributed by atoms with E-state index in [1.807, 2.05) is 0 Å². The van der Waals surface area contributed by atoms with Crippen LogP contribution < -0.4 is 0 Å². The fourth-order valence-corrected chi connectivity index (χ4v) is 2.12. The van der Waals surface area contributed by atoms with Crippen LogP contribution in [-0.2, 0) is 24.2 Å². The van der Waals surface area contributed by atoms with Crippen molar-refractivity contribution in [3.63, 3.8) is 0 Å². The molecule has 6 heteroatoms. The van der Waals surface area contributed by atoms with Gasteiger partial charge in [-0.15, -0.1) is 0 Å². The summed E-state index contributed by atoms with van der Waals surface area (Å²) in [4.78, 5) is 21.4. The second-order valence-corrected chi connectivity index (χ2v) is 5.52. The fraction of sp³-hybridized carbons (Fsp3) is 0.750. The molecule has 0 saturated carbocycles. The summed E-state index contributed by atoms with van der Waals surface area (Å²) in [6.07, 6.45) is -0.0701. The molecule has 14 heavy (non-hydrogen) atoms. The number of ketones is 1. The largest absolute Gasteiger partial charge is 0.468 e. The molecular formula is C8H14O5S. The molecule has 1 unspecified atom stereocenters. The number of hydrogen-bond acceptors (Lipinski definition) is 5. The number of carbonyl (C=O) groups excluding carboxylic acids is 2. The molecule has 0 N–H and O–H groups in total. The van der Waals surface area contributed by atoms with Gasteiger partial charge in [0.1, 0.15) is 11.5 Å². The van der Waals surface area contributed by atoms with Gasteiger partial charge >= 0.3 is 5.97 Å². The average Bonchev–Trinajstić information content (AvgIpc) is 2.02. The first-order chi connectivity index (χ1) is 6.29. The highest BCUT2D eigenvalue weighted by molar-refractivity contribution is 7.92. The third-order valence-corrected chi connectivity index (χ3v) is 3.77. The van der Waals surface area contributed by atoms with E-state index >= 15 is 0 Å². The molecule has 0 radical (unpaired) electrons. The minimum Gasteiger partial charge on any atom is -0.468 e. The molecule has 0 saturated heterocycles. The summed E-state index contributed by atoms with van der Waals surface area (Å²) >= 11 is 0. The Labute approximate surface area is 83.4 Å². The topological polar surface area (TPSA) is 77.5 Å². The van der Waals surface area contributed by atoms with Gasteiger partial charge < -0.3 is 4.74 Å². The zero-order chi connectivity index (χ0) is 11.4. The molecule has 0 bridgehead atoms. The van der Waals surface area contributed by atoms with E-state index in [1.165, 1.54) is 13.8 Å². The van der Waals surface area contributed by atoms with Crippen LogP contribution in [0.25, 0.3) is 0 Å². The quantitative estimate of drug-likeness (QED) is 0.609. The Kier molecular flexibility index (Phi) is 4.76. The van der Waals surface area contributed by atoms with Gasteiger partial charge in [-0.3, -0.25) is 9.59 Å². The first-order valence-corrected chi connectivity index (χ1v) is 5.79. The number of methoxy groups -OCH3 is 1. The molecule has 0 aromatic rings. The smallest absolute Gasteiger partial charge is 0.320 e. The van der Waals surface area contributed by atoms with Crippen LogP contribution in [0, 0.1) is 0 Å². The summed E-state index contributed by atoms with van der Waals surface area (Å²) in [5.74, 6) is -1.69. The third-order valence-electron chi connectivity index (χ3n) is 1.73. The van der Waals surface area contributed by atoms with E-state index in [1.54, 1.807) is 0 Å². The van der Waals surface area contributed by atoms with Crippen LogP contribution in [0.5, 0.6) is 0 Å². The van der Waals surface area contributed by atoms with Gasteiger partial charge in [0.25, 0.3) is 0 Å². The van der Waals surface area contributed by atoms with Crippen LogP contribution in [0.3, 0.4) is 0 Å². The second-order valence-electron chi connectivity index (χ2n) is 3.10. The minimum atomic E-state index is -3.56. The summed E-state index contributed by atoms with van der Waals surface area (Å²) in [5.41, 5.74) is 0. The van der Waals surface area contributed by atoms with Gasteiger partial charge in [0.15, 0.2) is 9.84 Å². The van der Waals surface area contributed by atoms with Crippen molar-refractivity contribution in [1.29, 1.82) is 0 Å². The van der Waals surface area contributed by atoms with Gasteiger partial charge in [-0.2, -0.15) is 0 Å². The lowest BCUT2D eigenvalue weighted by Gasteiger charge is -2.09. The maximum Gasteiger partial charge on any atom is 0.320 e. The standard InChI is InChI=1S/C8H14O5S/c1-6(9)4-7(2)14(11,12)5-8(10)13-3/h7H,4-5H2,1-3H3. The van der Waals surface area contributed by atoms with E-state index in [-0.39, 0.29) is 12.2 Å². The van der Waals surface area contributed by atoms with Crippen molar-refractivity contribution in [2.45, 2.75) is 25.5 Å². The van der Waals surface area contributed by atoms with Crippen LogP contribution in [0.4, 0.5) is 0 Å². The zero-order valence-corrected chi connectivity index (χ0v) is 9.26. The minimum absolute atomic E-state index is 0.0701. The van der Waals surface area contributed by atoms with Crippen LogP contribution in [0.1, 0.15) is 20.3 Å². The van der Waals surface area contributed by atoms with E-state index < -0.39 is 26.8 Å². The predicted octanol–water partition coefficient (Wildman–Crippen LogP) is -0.0582. The van der Waals surface area contributed by atoms with Crippen molar-refractivity contribution >= 4 is 21.6 Å². The fourth-order valence-electron chi connectivity index (χ4n) is 0.897. The van der Waals surface area contributed by atoms with Gasteiger partial charge in [-0.05, 0) is 13.8 Å². The number of hydrogen-bond donors (Lipinski definition) is 0. The molecule has 0 rings (SSSR count). The molecule has 0 aromatic heterocycles. The maximum atomic E-state index is 11.4. The van der Waals surface area contributed by atoms with E-state index in [9.17, 15) is 18.0 Å². The Morgan fingerprint density at radius 2 is 1.86 bits per heavy atom. The van der Waals surface area contributed by atoms with Gasteiger partial charge in [-0.1, -0.05) is 0 Å². The first-order valence-electron chi connectivity index (χ1n) is 4.07. The Balaban J connectivity index is 4.46. The number of ether oxygens (including phenoxy) is 1. The molecule has 0 aliphatic heterocycles. The number of sulfone groups is 1. The monoisotopic (exact) mass is 222 g/mol. The molecule has 1 atom stereocenters.